The van der Waals surface area contributed by atoms with E-state index in [0.29, 0.717) is 0 Å². The summed E-state index contributed by atoms with van der Waals surface area (Å²) < 4.78 is 40.0. The Labute approximate surface area is 98.6 Å². The van der Waals surface area contributed by atoms with E-state index in [1.54, 1.807) is 0 Å². The predicted octanol–water partition coefficient (Wildman–Crippen LogP) is 2.83. The summed E-state index contributed by atoms with van der Waals surface area (Å²) in [6.07, 6.45) is -3.51. The maximum absolute atomic E-state index is 12.1. The topological polar surface area (TPSA) is 59.4 Å². The lowest BCUT2D eigenvalue weighted by molar-refractivity contribution is -0.274. The summed E-state index contributed by atoms with van der Waals surface area (Å²) in [4.78, 5) is 14.8. The van der Waals surface area contributed by atoms with Gasteiger partial charge in [0.2, 0.25) is 0 Å². The number of aromatic nitrogens is 1. The minimum atomic E-state index is -4.87. The number of halogens is 3. The first-order valence-electron chi connectivity index (χ1n) is 4.74. The summed E-state index contributed by atoms with van der Waals surface area (Å²) in [6.45, 7) is 0. The van der Waals surface area contributed by atoms with Crippen LogP contribution in [0, 0.1) is 0 Å². The molecule has 0 radical (unpaired) electrons. The van der Waals surface area contributed by atoms with Gasteiger partial charge in [-0.25, -0.2) is 4.79 Å². The molecule has 1 aromatic heterocycles. The van der Waals surface area contributed by atoms with E-state index in [2.05, 4.69) is 9.72 Å². The van der Waals surface area contributed by atoms with Gasteiger partial charge in [0.1, 0.15) is 5.75 Å². The highest BCUT2D eigenvalue weighted by molar-refractivity contribution is 6.02. The van der Waals surface area contributed by atoms with Crippen molar-refractivity contribution in [3.8, 4) is 5.75 Å². The number of alkyl halides is 3. The summed E-state index contributed by atoms with van der Waals surface area (Å²) in [5.41, 5.74) is -0.230. The molecule has 1 aromatic carbocycles. The highest BCUT2D eigenvalue weighted by atomic mass is 19.4. The number of hydrogen-bond donors (Lipinski definition) is 1. The molecule has 4 nitrogen and oxygen atoms in total. The summed E-state index contributed by atoms with van der Waals surface area (Å²) in [6, 6.07) is 4.83. The number of carboxylic acids is 1. The number of hydrogen-bond acceptors (Lipinski definition) is 3. The normalized spacial score (nSPS) is 11.5. The molecule has 0 unspecified atom stereocenters. The molecule has 7 heteroatoms. The molecule has 0 saturated heterocycles. The van der Waals surface area contributed by atoms with E-state index >= 15 is 0 Å². The van der Waals surface area contributed by atoms with Gasteiger partial charge in [-0.3, -0.25) is 4.98 Å². The third-order valence-electron chi connectivity index (χ3n) is 2.14. The SMILES string of the molecule is O=C(O)c1cc(OC(F)(F)F)cc2cccnc12. The second-order valence-corrected chi connectivity index (χ2v) is 3.40. The monoisotopic (exact) mass is 257 g/mol. The standard InChI is InChI=1S/C11H6F3NO3/c12-11(13,14)18-7-4-6-2-1-3-15-9(6)8(5-7)10(16)17/h1-5H,(H,16,17). The van der Waals surface area contributed by atoms with Gasteiger partial charge in [-0.15, -0.1) is 13.2 Å². The van der Waals surface area contributed by atoms with Crippen LogP contribution in [-0.4, -0.2) is 22.4 Å². The molecule has 0 bridgehead atoms. The quantitative estimate of drug-likeness (QED) is 0.898. The maximum atomic E-state index is 12.1. The number of rotatable bonds is 2. The maximum Gasteiger partial charge on any atom is 0.573 e. The van der Waals surface area contributed by atoms with Gasteiger partial charge >= 0.3 is 12.3 Å². The molecule has 94 valence electrons. The fraction of sp³-hybridized carbons (Fsp3) is 0.0909. The Morgan fingerprint density at radius 3 is 2.67 bits per heavy atom. The molecular weight excluding hydrogens is 251 g/mol. The van der Waals surface area contributed by atoms with E-state index in [-0.39, 0.29) is 16.5 Å². The molecular formula is C11H6F3NO3. The average Bonchev–Trinajstić information content (AvgIpc) is 2.25. The third kappa shape index (κ3) is 2.50. The van der Waals surface area contributed by atoms with Crippen LogP contribution >= 0.6 is 0 Å². The zero-order valence-corrected chi connectivity index (χ0v) is 8.73. The van der Waals surface area contributed by atoms with E-state index in [4.69, 9.17) is 5.11 Å². The Kier molecular flexibility index (Phi) is 2.82. The van der Waals surface area contributed by atoms with E-state index in [1.807, 2.05) is 0 Å². The van der Waals surface area contributed by atoms with Gasteiger partial charge in [0.25, 0.3) is 0 Å². The van der Waals surface area contributed by atoms with E-state index in [1.165, 1.54) is 18.3 Å². The molecule has 2 aromatic rings. The zero-order chi connectivity index (χ0) is 13.3. The Morgan fingerprint density at radius 2 is 2.06 bits per heavy atom. The molecule has 18 heavy (non-hydrogen) atoms. The molecule has 0 aliphatic carbocycles. The number of fused-ring (bicyclic) bond motifs is 1. The first kappa shape index (κ1) is 12.2. The van der Waals surface area contributed by atoms with Crippen molar-refractivity contribution in [2.45, 2.75) is 6.36 Å². The lowest BCUT2D eigenvalue weighted by Crippen LogP contribution is -2.17. The van der Waals surface area contributed by atoms with Crippen molar-refractivity contribution in [1.29, 1.82) is 0 Å². The van der Waals surface area contributed by atoms with Crippen molar-refractivity contribution >= 4 is 16.9 Å². The van der Waals surface area contributed by atoms with Crippen LogP contribution in [0.2, 0.25) is 0 Å². The minimum absolute atomic E-state index is 0.111. The molecule has 0 spiro atoms. The van der Waals surface area contributed by atoms with E-state index in [0.717, 1.165) is 12.1 Å². The Morgan fingerprint density at radius 1 is 1.33 bits per heavy atom. The molecule has 1 N–H and O–H groups in total. The second-order valence-electron chi connectivity index (χ2n) is 3.40. The third-order valence-corrected chi connectivity index (χ3v) is 2.14. The molecule has 2 rings (SSSR count). The smallest absolute Gasteiger partial charge is 0.478 e. The predicted molar refractivity (Wildman–Crippen MR) is 55.4 cm³/mol. The van der Waals surface area contributed by atoms with Crippen LogP contribution in [0.15, 0.2) is 30.5 Å². The van der Waals surface area contributed by atoms with Crippen molar-refractivity contribution in [2.24, 2.45) is 0 Å². The van der Waals surface area contributed by atoms with E-state index < -0.39 is 18.1 Å². The number of carboxylic acid groups (broad SMARTS) is 1. The number of nitrogens with zero attached hydrogens (tertiary/aromatic N) is 1. The van der Waals surface area contributed by atoms with Gasteiger partial charge in [-0.2, -0.15) is 0 Å². The van der Waals surface area contributed by atoms with Gasteiger partial charge in [0, 0.05) is 11.6 Å². The fourth-order valence-electron chi connectivity index (χ4n) is 1.52. The largest absolute Gasteiger partial charge is 0.573 e. The van der Waals surface area contributed by atoms with Crippen LogP contribution < -0.4 is 4.74 Å². The second kappa shape index (κ2) is 4.17. The molecule has 0 amide bonds. The van der Waals surface area contributed by atoms with Crippen LogP contribution in [0.4, 0.5) is 13.2 Å². The Hall–Kier alpha value is -2.31. The lowest BCUT2D eigenvalue weighted by atomic mass is 10.1. The summed E-state index contributed by atoms with van der Waals surface area (Å²) in [7, 11) is 0. The average molecular weight is 257 g/mol. The zero-order valence-electron chi connectivity index (χ0n) is 8.73. The van der Waals surface area contributed by atoms with Crippen LogP contribution in [-0.2, 0) is 0 Å². The Balaban J connectivity index is 2.61. The van der Waals surface area contributed by atoms with Crippen LogP contribution in [0.1, 0.15) is 10.4 Å². The van der Waals surface area contributed by atoms with Crippen molar-refractivity contribution in [1.82, 2.24) is 4.98 Å². The summed E-state index contributed by atoms with van der Waals surface area (Å²) >= 11 is 0. The number of aromatic carboxylic acids is 1. The first-order chi connectivity index (χ1) is 8.37. The van der Waals surface area contributed by atoms with Crippen LogP contribution in [0.3, 0.4) is 0 Å². The lowest BCUT2D eigenvalue weighted by Gasteiger charge is -2.10. The summed E-state index contributed by atoms with van der Waals surface area (Å²) in [5.74, 6) is -1.95. The van der Waals surface area contributed by atoms with Gasteiger partial charge in [-0.05, 0) is 18.2 Å². The molecule has 0 aliphatic heterocycles. The van der Waals surface area contributed by atoms with Gasteiger partial charge in [0.05, 0.1) is 11.1 Å². The molecule has 0 saturated carbocycles. The van der Waals surface area contributed by atoms with Gasteiger partial charge in [0.15, 0.2) is 0 Å². The minimum Gasteiger partial charge on any atom is -0.478 e. The fourth-order valence-corrected chi connectivity index (χ4v) is 1.52. The Bertz CT molecular complexity index is 610. The van der Waals surface area contributed by atoms with Gasteiger partial charge in [-0.1, -0.05) is 6.07 Å². The molecule has 1 heterocycles. The van der Waals surface area contributed by atoms with Crippen LogP contribution in [0.25, 0.3) is 10.9 Å². The van der Waals surface area contributed by atoms with E-state index in [9.17, 15) is 18.0 Å². The van der Waals surface area contributed by atoms with Crippen molar-refractivity contribution < 1.29 is 27.8 Å². The van der Waals surface area contributed by atoms with Crippen LogP contribution in [0.5, 0.6) is 5.75 Å². The summed E-state index contributed by atoms with van der Waals surface area (Å²) in [5, 5.41) is 9.19. The highest BCUT2D eigenvalue weighted by Gasteiger charge is 2.31. The van der Waals surface area contributed by atoms with Crippen molar-refractivity contribution in [2.75, 3.05) is 0 Å². The number of benzene rings is 1. The molecule has 0 atom stereocenters. The number of carbonyl (C=O) groups is 1. The van der Waals surface area contributed by atoms with Gasteiger partial charge < -0.3 is 9.84 Å². The number of pyridine rings is 1. The van der Waals surface area contributed by atoms with Crippen molar-refractivity contribution in [3.05, 3.63) is 36.0 Å². The highest BCUT2D eigenvalue weighted by Crippen LogP contribution is 2.28. The number of ether oxygens (including phenoxy) is 1. The molecule has 0 aliphatic rings. The molecule has 0 fully saturated rings. The van der Waals surface area contributed by atoms with Crippen molar-refractivity contribution in [3.63, 3.8) is 0 Å². The first-order valence-corrected chi connectivity index (χ1v) is 4.74.